The molecule has 0 atom stereocenters. The molecule has 0 spiro atoms. The lowest BCUT2D eigenvalue weighted by Gasteiger charge is -2.12. The van der Waals surface area contributed by atoms with Crippen LogP contribution in [0.2, 0.25) is 0 Å². The zero-order chi connectivity index (χ0) is 22.3. The maximum atomic E-state index is 12.4. The normalized spacial score (nSPS) is 10.5. The van der Waals surface area contributed by atoms with Crippen LogP contribution in [0.1, 0.15) is 10.5 Å². The number of amides is 1. The quantitative estimate of drug-likeness (QED) is 0.260. The van der Waals surface area contributed by atoms with E-state index in [1.807, 2.05) is 54.6 Å². The molecule has 160 valence electrons. The molecule has 0 unspecified atom stereocenters. The van der Waals surface area contributed by atoms with Gasteiger partial charge in [0.15, 0.2) is 5.69 Å². The van der Waals surface area contributed by atoms with Crippen molar-refractivity contribution in [3.05, 3.63) is 101 Å². The summed E-state index contributed by atoms with van der Waals surface area (Å²) in [6.07, 6.45) is 1.42. The number of nitrogens with zero attached hydrogens (tertiary/aromatic N) is 4. The van der Waals surface area contributed by atoms with E-state index in [4.69, 9.17) is 4.74 Å². The first-order chi connectivity index (χ1) is 15.6. The van der Waals surface area contributed by atoms with Gasteiger partial charge in [0.2, 0.25) is 0 Å². The van der Waals surface area contributed by atoms with E-state index in [0.717, 1.165) is 16.9 Å². The SMILES string of the molecule is O=C(NCCOc1ccccc1-c1ccccc1)c1cn(-c2cccc([N+](=O)[O-])c2)nn1. The monoisotopic (exact) mass is 429 g/mol. The average molecular weight is 429 g/mol. The summed E-state index contributed by atoms with van der Waals surface area (Å²) in [5.74, 6) is 0.311. The highest BCUT2D eigenvalue weighted by molar-refractivity contribution is 5.91. The zero-order valence-corrected chi connectivity index (χ0v) is 16.9. The third-order valence-electron chi connectivity index (χ3n) is 4.65. The molecule has 0 aliphatic rings. The molecule has 0 saturated heterocycles. The van der Waals surface area contributed by atoms with Gasteiger partial charge in [-0.15, -0.1) is 5.10 Å². The van der Waals surface area contributed by atoms with E-state index in [1.54, 1.807) is 12.1 Å². The molecule has 1 N–H and O–H groups in total. The Morgan fingerprint density at radius 2 is 1.81 bits per heavy atom. The molecule has 1 aromatic heterocycles. The van der Waals surface area contributed by atoms with Crippen molar-refractivity contribution in [3.8, 4) is 22.6 Å². The number of nitro groups is 1. The van der Waals surface area contributed by atoms with Gasteiger partial charge in [-0.05, 0) is 17.7 Å². The zero-order valence-electron chi connectivity index (χ0n) is 16.9. The first-order valence-corrected chi connectivity index (χ1v) is 9.84. The molecule has 32 heavy (non-hydrogen) atoms. The molecule has 4 aromatic rings. The molecule has 3 aromatic carbocycles. The van der Waals surface area contributed by atoms with Gasteiger partial charge in [-0.3, -0.25) is 14.9 Å². The van der Waals surface area contributed by atoms with Gasteiger partial charge in [0.25, 0.3) is 11.6 Å². The molecule has 1 heterocycles. The van der Waals surface area contributed by atoms with Crippen molar-refractivity contribution in [2.24, 2.45) is 0 Å². The Labute approximate surface area is 183 Å². The molecule has 0 radical (unpaired) electrons. The molecule has 9 heteroatoms. The number of carbonyl (C=O) groups is 1. The fourth-order valence-corrected chi connectivity index (χ4v) is 3.11. The van der Waals surface area contributed by atoms with Crippen LogP contribution in [-0.2, 0) is 0 Å². The number of carbonyl (C=O) groups excluding carboxylic acids is 1. The summed E-state index contributed by atoms with van der Waals surface area (Å²) in [6.45, 7) is 0.542. The molecule has 0 bridgehead atoms. The third-order valence-corrected chi connectivity index (χ3v) is 4.65. The molecule has 4 rings (SSSR count). The van der Waals surface area contributed by atoms with E-state index >= 15 is 0 Å². The Balaban J connectivity index is 1.34. The number of para-hydroxylation sites is 1. The standard InChI is InChI=1S/C23H19N5O4/c29-23(21-16-27(26-25-21)18-9-6-10-19(15-18)28(30)31)24-13-14-32-22-12-5-4-11-20(22)17-7-2-1-3-8-17/h1-12,15-16H,13-14H2,(H,24,29). The van der Waals surface area contributed by atoms with Crippen molar-refractivity contribution >= 4 is 11.6 Å². The maximum Gasteiger partial charge on any atom is 0.273 e. The van der Waals surface area contributed by atoms with Crippen molar-refractivity contribution in [1.29, 1.82) is 0 Å². The van der Waals surface area contributed by atoms with Gasteiger partial charge in [-0.1, -0.05) is 59.8 Å². The Hall–Kier alpha value is -4.53. The fraction of sp³-hybridized carbons (Fsp3) is 0.0870. The largest absolute Gasteiger partial charge is 0.491 e. The number of aromatic nitrogens is 3. The summed E-state index contributed by atoms with van der Waals surface area (Å²) in [6, 6.07) is 23.5. The highest BCUT2D eigenvalue weighted by atomic mass is 16.6. The maximum absolute atomic E-state index is 12.4. The number of non-ortho nitro benzene ring substituents is 1. The van der Waals surface area contributed by atoms with E-state index in [2.05, 4.69) is 15.6 Å². The Morgan fingerprint density at radius 3 is 2.62 bits per heavy atom. The molecule has 9 nitrogen and oxygen atoms in total. The number of nitro benzene ring substituents is 1. The predicted molar refractivity (Wildman–Crippen MR) is 118 cm³/mol. The van der Waals surface area contributed by atoms with Crippen LogP contribution in [0.4, 0.5) is 5.69 Å². The van der Waals surface area contributed by atoms with Crippen LogP contribution in [0.25, 0.3) is 16.8 Å². The third kappa shape index (κ3) is 4.78. The van der Waals surface area contributed by atoms with Gasteiger partial charge in [-0.2, -0.15) is 0 Å². The van der Waals surface area contributed by atoms with Gasteiger partial charge in [0.1, 0.15) is 12.4 Å². The molecular formula is C23H19N5O4. The lowest BCUT2D eigenvalue weighted by Crippen LogP contribution is -2.28. The molecule has 0 aliphatic heterocycles. The summed E-state index contributed by atoms with van der Waals surface area (Å²) in [4.78, 5) is 22.8. The smallest absolute Gasteiger partial charge is 0.273 e. The minimum absolute atomic E-state index is 0.0723. The molecule has 1 amide bonds. The van der Waals surface area contributed by atoms with Crippen LogP contribution < -0.4 is 10.1 Å². The van der Waals surface area contributed by atoms with Crippen molar-refractivity contribution in [2.75, 3.05) is 13.2 Å². The van der Waals surface area contributed by atoms with Gasteiger partial charge >= 0.3 is 0 Å². The van der Waals surface area contributed by atoms with Crippen LogP contribution in [0, 0.1) is 10.1 Å². The lowest BCUT2D eigenvalue weighted by molar-refractivity contribution is -0.384. The number of rotatable bonds is 8. The fourth-order valence-electron chi connectivity index (χ4n) is 3.11. The highest BCUT2D eigenvalue weighted by Crippen LogP contribution is 2.29. The van der Waals surface area contributed by atoms with E-state index in [1.165, 1.54) is 23.0 Å². The highest BCUT2D eigenvalue weighted by Gasteiger charge is 2.13. The van der Waals surface area contributed by atoms with Crippen LogP contribution in [-0.4, -0.2) is 39.0 Å². The van der Waals surface area contributed by atoms with Gasteiger partial charge < -0.3 is 10.1 Å². The second-order valence-corrected chi connectivity index (χ2v) is 6.79. The minimum Gasteiger partial charge on any atom is -0.491 e. The lowest BCUT2D eigenvalue weighted by atomic mass is 10.1. The number of ether oxygens (including phenoxy) is 1. The summed E-state index contributed by atoms with van der Waals surface area (Å²) < 4.78 is 7.18. The Kier molecular flexibility index (Phi) is 6.17. The Bertz CT molecular complexity index is 1240. The number of hydrogen-bond donors (Lipinski definition) is 1. The number of nitrogens with one attached hydrogen (secondary N) is 1. The second kappa shape index (κ2) is 9.52. The average Bonchev–Trinajstić information content (AvgIpc) is 3.33. The summed E-state index contributed by atoms with van der Waals surface area (Å²) in [7, 11) is 0. The Morgan fingerprint density at radius 1 is 1.03 bits per heavy atom. The van der Waals surface area contributed by atoms with Gasteiger partial charge in [0.05, 0.1) is 23.4 Å². The molecular weight excluding hydrogens is 410 g/mol. The molecule has 0 fully saturated rings. The van der Waals surface area contributed by atoms with E-state index < -0.39 is 10.8 Å². The van der Waals surface area contributed by atoms with Crippen LogP contribution in [0.5, 0.6) is 5.75 Å². The van der Waals surface area contributed by atoms with E-state index in [9.17, 15) is 14.9 Å². The first kappa shape index (κ1) is 20.7. The van der Waals surface area contributed by atoms with Crippen molar-refractivity contribution in [1.82, 2.24) is 20.3 Å². The van der Waals surface area contributed by atoms with Crippen molar-refractivity contribution in [3.63, 3.8) is 0 Å². The van der Waals surface area contributed by atoms with E-state index in [-0.39, 0.29) is 24.5 Å². The number of hydrogen-bond acceptors (Lipinski definition) is 6. The van der Waals surface area contributed by atoms with Crippen LogP contribution >= 0.6 is 0 Å². The van der Waals surface area contributed by atoms with Crippen molar-refractivity contribution in [2.45, 2.75) is 0 Å². The molecule has 0 saturated carbocycles. The van der Waals surface area contributed by atoms with E-state index in [0.29, 0.717) is 5.69 Å². The van der Waals surface area contributed by atoms with Crippen LogP contribution in [0.3, 0.4) is 0 Å². The first-order valence-electron chi connectivity index (χ1n) is 9.84. The summed E-state index contributed by atoms with van der Waals surface area (Å²) in [5.41, 5.74) is 2.48. The van der Waals surface area contributed by atoms with Crippen molar-refractivity contribution < 1.29 is 14.5 Å². The minimum atomic E-state index is -0.496. The topological polar surface area (TPSA) is 112 Å². The predicted octanol–water partition coefficient (Wildman–Crippen LogP) is 3.65. The van der Waals surface area contributed by atoms with Crippen LogP contribution in [0.15, 0.2) is 85.1 Å². The molecule has 0 aliphatic carbocycles. The summed E-state index contributed by atoms with van der Waals surface area (Å²) >= 11 is 0. The second-order valence-electron chi connectivity index (χ2n) is 6.79. The van der Waals surface area contributed by atoms with Gasteiger partial charge in [-0.25, -0.2) is 4.68 Å². The number of benzene rings is 3. The summed E-state index contributed by atoms with van der Waals surface area (Å²) in [5, 5.41) is 21.4. The van der Waals surface area contributed by atoms with Gasteiger partial charge in [0, 0.05) is 17.7 Å².